The second-order valence-electron chi connectivity index (χ2n) is 5.32. The monoisotopic (exact) mass is 339 g/mol. The molecular weight excluding hydrogens is 318 g/mol. The van der Waals surface area contributed by atoms with Gasteiger partial charge in [-0.05, 0) is 42.9 Å². The molecule has 0 aliphatic carbocycles. The van der Waals surface area contributed by atoms with E-state index in [1.54, 1.807) is 11.8 Å². The summed E-state index contributed by atoms with van der Waals surface area (Å²) in [5.41, 5.74) is -1.09. The van der Waals surface area contributed by atoms with Gasteiger partial charge in [0.2, 0.25) is 5.91 Å². The number of nitrogens with one attached hydrogen (secondary N) is 1. The minimum atomic E-state index is -1.09. The Kier molecular flexibility index (Phi) is 6.20. The minimum Gasteiger partial charge on any atom is -0.480 e. The molecule has 1 fully saturated rings. The van der Waals surface area contributed by atoms with E-state index < -0.39 is 11.5 Å². The molecule has 1 saturated heterocycles. The summed E-state index contributed by atoms with van der Waals surface area (Å²) in [6, 6.07) is 9.73. The number of carbonyl (C=O) groups is 2. The van der Waals surface area contributed by atoms with E-state index in [-0.39, 0.29) is 11.2 Å². The third kappa shape index (κ3) is 4.20. The molecule has 1 aliphatic rings. The molecule has 1 unspecified atom stereocenters. The number of amides is 1. The highest BCUT2D eigenvalue weighted by molar-refractivity contribution is 8.00. The van der Waals surface area contributed by atoms with Gasteiger partial charge < -0.3 is 10.4 Å². The van der Waals surface area contributed by atoms with Crippen LogP contribution in [0.3, 0.4) is 0 Å². The number of hydrogen-bond donors (Lipinski definition) is 2. The maximum atomic E-state index is 12.6. The molecule has 0 bridgehead atoms. The van der Waals surface area contributed by atoms with Gasteiger partial charge in [0.25, 0.3) is 0 Å². The minimum absolute atomic E-state index is 0.175. The van der Waals surface area contributed by atoms with Crippen molar-refractivity contribution in [1.82, 2.24) is 5.32 Å². The van der Waals surface area contributed by atoms with Crippen molar-refractivity contribution in [3.8, 4) is 0 Å². The van der Waals surface area contributed by atoms with Crippen LogP contribution >= 0.6 is 23.5 Å². The number of carbonyl (C=O) groups excluding carboxylic acids is 1. The topological polar surface area (TPSA) is 66.4 Å². The summed E-state index contributed by atoms with van der Waals surface area (Å²) < 4.78 is 0. The van der Waals surface area contributed by atoms with Gasteiger partial charge in [-0.25, -0.2) is 4.79 Å². The fourth-order valence-electron chi connectivity index (χ4n) is 2.41. The summed E-state index contributed by atoms with van der Waals surface area (Å²) in [6.07, 6.45) is 1.65. The van der Waals surface area contributed by atoms with E-state index in [0.717, 1.165) is 16.4 Å². The predicted octanol–water partition coefficient (Wildman–Crippen LogP) is 3.02. The van der Waals surface area contributed by atoms with E-state index in [4.69, 9.17) is 0 Å². The third-order valence-corrected chi connectivity index (χ3v) is 6.16. The van der Waals surface area contributed by atoms with Crippen molar-refractivity contribution in [2.45, 2.75) is 41.9 Å². The average Bonchev–Trinajstić information content (AvgIpc) is 2.54. The number of aliphatic carboxylic acids is 1. The van der Waals surface area contributed by atoms with E-state index in [2.05, 4.69) is 5.32 Å². The zero-order valence-electron chi connectivity index (χ0n) is 12.6. The van der Waals surface area contributed by atoms with Gasteiger partial charge in [0, 0.05) is 4.90 Å². The average molecular weight is 339 g/mol. The van der Waals surface area contributed by atoms with Gasteiger partial charge in [-0.1, -0.05) is 25.1 Å². The number of thioether (sulfide) groups is 2. The van der Waals surface area contributed by atoms with E-state index in [0.29, 0.717) is 19.3 Å². The molecule has 2 rings (SSSR count). The molecule has 1 heterocycles. The second kappa shape index (κ2) is 7.92. The Balaban J connectivity index is 2.06. The first-order valence-electron chi connectivity index (χ1n) is 7.42. The molecule has 1 amide bonds. The summed E-state index contributed by atoms with van der Waals surface area (Å²) in [4.78, 5) is 25.2. The van der Waals surface area contributed by atoms with E-state index >= 15 is 0 Å². The fraction of sp³-hybridized carbons (Fsp3) is 0.500. The van der Waals surface area contributed by atoms with Crippen LogP contribution in [-0.2, 0) is 9.59 Å². The van der Waals surface area contributed by atoms with Crippen molar-refractivity contribution in [3.05, 3.63) is 30.3 Å². The summed E-state index contributed by atoms with van der Waals surface area (Å²) in [5.74, 6) is 0.455. The Bertz CT molecular complexity index is 515. The molecule has 6 heteroatoms. The highest BCUT2D eigenvalue weighted by atomic mass is 32.2. The summed E-state index contributed by atoms with van der Waals surface area (Å²) in [5, 5.41) is 12.1. The highest BCUT2D eigenvalue weighted by Gasteiger charge is 2.42. The zero-order chi connectivity index (χ0) is 16.0. The first-order valence-corrected chi connectivity index (χ1v) is 9.46. The molecule has 4 nitrogen and oxygen atoms in total. The van der Waals surface area contributed by atoms with Gasteiger partial charge in [-0.15, -0.1) is 11.8 Å². The van der Waals surface area contributed by atoms with Crippen molar-refractivity contribution < 1.29 is 14.7 Å². The summed E-state index contributed by atoms with van der Waals surface area (Å²) in [6.45, 7) is 1.95. The molecular formula is C16H21NO3S2. The molecule has 120 valence electrons. The van der Waals surface area contributed by atoms with Crippen LogP contribution in [0.1, 0.15) is 26.2 Å². The lowest BCUT2D eigenvalue weighted by molar-refractivity contribution is -0.148. The maximum absolute atomic E-state index is 12.6. The van der Waals surface area contributed by atoms with Crippen molar-refractivity contribution in [3.63, 3.8) is 0 Å². The molecule has 1 aromatic carbocycles. The van der Waals surface area contributed by atoms with E-state index in [1.165, 1.54) is 11.8 Å². The molecule has 0 radical (unpaired) electrons. The van der Waals surface area contributed by atoms with Gasteiger partial charge in [-0.3, -0.25) is 4.79 Å². The third-order valence-electron chi connectivity index (χ3n) is 3.80. The van der Waals surface area contributed by atoms with Gasteiger partial charge in [0.15, 0.2) is 0 Å². The summed E-state index contributed by atoms with van der Waals surface area (Å²) in [7, 11) is 0. The lowest BCUT2D eigenvalue weighted by atomic mass is 9.92. The Morgan fingerprint density at radius 3 is 2.50 bits per heavy atom. The second-order valence-corrected chi connectivity index (χ2v) is 7.82. The fourth-order valence-corrected chi connectivity index (χ4v) is 4.58. The Hall–Kier alpha value is -1.14. The Morgan fingerprint density at radius 2 is 1.95 bits per heavy atom. The Labute approximate surface area is 139 Å². The van der Waals surface area contributed by atoms with Crippen LogP contribution in [0, 0.1) is 0 Å². The van der Waals surface area contributed by atoms with E-state index in [9.17, 15) is 14.7 Å². The van der Waals surface area contributed by atoms with E-state index in [1.807, 2.05) is 37.3 Å². The van der Waals surface area contributed by atoms with Gasteiger partial charge in [0.05, 0.1) is 5.25 Å². The first kappa shape index (κ1) is 17.2. The van der Waals surface area contributed by atoms with Gasteiger partial charge in [0.1, 0.15) is 5.54 Å². The first-order chi connectivity index (χ1) is 10.6. The molecule has 0 spiro atoms. The van der Waals surface area contributed by atoms with Crippen LogP contribution in [0.25, 0.3) is 0 Å². The van der Waals surface area contributed by atoms with Crippen molar-refractivity contribution in [2.75, 3.05) is 11.5 Å². The molecule has 22 heavy (non-hydrogen) atoms. The lowest BCUT2D eigenvalue weighted by Crippen LogP contribution is -2.58. The summed E-state index contributed by atoms with van der Waals surface area (Å²) >= 11 is 3.22. The zero-order valence-corrected chi connectivity index (χ0v) is 14.2. The van der Waals surface area contributed by atoms with Crippen molar-refractivity contribution >= 4 is 35.4 Å². The standard InChI is InChI=1S/C16H21NO3S2/c1-2-13(22-12-6-4-3-5-7-12)14(18)17-16(15(19)20)8-10-21-11-9-16/h3-7,13H,2,8-11H2,1H3,(H,17,18)(H,19,20). The van der Waals surface area contributed by atoms with Crippen LogP contribution < -0.4 is 5.32 Å². The SMILES string of the molecule is CCC(Sc1ccccc1)C(=O)NC1(C(=O)O)CCSCC1. The number of rotatable bonds is 6. The highest BCUT2D eigenvalue weighted by Crippen LogP contribution is 2.30. The quantitative estimate of drug-likeness (QED) is 0.780. The molecule has 1 aliphatic heterocycles. The van der Waals surface area contributed by atoms with Crippen LogP contribution in [-0.4, -0.2) is 39.3 Å². The molecule has 0 aromatic heterocycles. The van der Waals surface area contributed by atoms with Crippen LogP contribution in [0.5, 0.6) is 0 Å². The molecule has 1 atom stereocenters. The normalized spacial score (nSPS) is 18.4. The van der Waals surface area contributed by atoms with Crippen LogP contribution in [0.2, 0.25) is 0 Å². The van der Waals surface area contributed by atoms with Crippen LogP contribution in [0.15, 0.2) is 35.2 Å². The molecule has 2 N–H and O–H groups in total. The number of hydrogen-bond acceptors (Lipinski definition) is 4. The van der Waals surface area contributed by atoms with Crippen molar-refractivity contribution in [2.24, 2.45) is 0 Å². The van der Waals surface area contributed by atoms with Crippen molar-refractivity contribution in [1.29, 1.82) is 0 Å². The Morgan fingerprint density at radius 1 is 1.32 bits per heavy atom. The van der Waals surface area contributed by atoms with Crippen LogP contribution in [0.4, 0.5) is 0 Å². The number of benzene rings is 1. The number of carboxylic acid groups (broad SMARTS) is 1. The predicted molar refractivity (Wildman–Crippen MR) is 91.4 cm³/mol. The number of carboxylic acids is 1. The van der Waals surface area contributed by atoms with Gasteiger partial charge >= 0.3 is 5.97 Å². The van der Waals surface area contributed by atoms with Gasteiger partial charge in [-0.2, -0.15) is 11.8 Å². The molecule has 1 aromatic rings. The lowest BCUT2D eigenvalue weighted by Gasteiger charge is -2.34. The molecule has 0 saturated carbocycles. The smallest absolute Gasteiger partial charge is 0.329 e. The maximum Gasteiger partial charge on any atom is 0.329 e. The largest absolute Gasteiger partial charge is 0.480 e.